The second kappa shape index (κ2) is 10.1. The molecule has 20 heavy (non-hydrogen) atoms. The molecule has 3 N–H and O–H groups in total. The van der Waals surface area contributed by atoms with E-state index in [9.17, 15) is 14.4 Å². The van der Waals surface area contributed by atoms with Crippen molar-refractivity contribution in [2.75, 3.05) is 19.6 Å². The van der Waals surface area contributed by atoms with Crippen molar-refractivity contribution in [1.82, 2.24) is 15.5 Å². The normalized spacial score (nSPS) is 11.6. The molecule has 0 aliphatic carbocycles. The Morgan fingerprint density at radius 3 is 2.30 bits per heavy atom. The summed E-state index contributed by atoms with van der Waals surface area (Å²) in [5.41, 5.74) is 0. The third-order valence-corrected chi connectivity index (χ3v) is 2.82. The van der Waals surface area contributed by atoms with Gasteiger partial charge in [-0.05, 0) is 20.3 Å². The molecule has 0 heterocycles. The van der Waals surface area contributed by atoms with Crippen LogP contribution in [0.2, 0.25) is 0 Å². The summed E-state index contributed by atoms with van der Waals surface area (Å²) in [5.74, 6) is -1.31. The molecule has 1 atom stereocenters. The Hall–Kier alpha value is -1.79. The summed E-state index contributed by atoms with van der Waals surface area (Å²) in [7, 11) is 0. The SMILES string of the molecule is CCCCC(NC(=O)N(CC)CC(=O)NCC)C(=O)O. The highest BCUT2D eigenvalue weighted by molar-refractivity contribution is 5.86. The molecule has 0 spiro atoms. The summed E-state index contributed by atoms with van der Waals surface area (Å²) in [6, 6.07) is -1.44. The van der Waals surface area contributed by atoms with Crippen molar-refractivity contribution in [3.05, 3.63) is 0 Å². The van der Waals surface area contributed by atoms with Gasteiger partial charge in [0, 0.05) is 13.1 Å². The molecule has 0 aromatic carbocycles. The van der Waals surface area contributed by atoms with Crippen molar-refractivity contribution in [3.8, 4) is 0 Å². The van der Waals surface area contributed by atoms with Gasteiger partial charge in [0.05, 0.1) is 0 Å². The van der Waals surface area contributed by atoms with Crippen LogP contribution in [-0.2, 0) is 9.59 Å². The number of likely N-dealkylation sites (N-methyl/N-ethyl adjacent to an activating group) is 2. The Morgan fingerprint density at radius 2 is 1.85 bits per heavy atom. The fourth-order valence-corrected chi connectivity index (χ4v) is 1.66. The molecule has 0 rings (SSSR count). The van der Waals surface area contributed by atoms with Crippen LogP contribution in [0.25, 0.3) is 0 Å². The zero-order valence-electron chi connectivity index (χ0n) is 12.4. The van der Waals surface area contributed by atoms with Gasteiger partial charge in [0.2, 0.25) is 5.91 Å². The van der Waals surface area contributed by atoms with E-state index in [1.807, 2.05) is 6.92 Å². The number of amides is 3. The highest BCUT2D eigenvalue weighted by Gasteiger charge is 2.23. The van der Waals surface area contributed by atoms with Gasteiger partial charge in [0.15, 0.2) is 0 Å². The highest BCUT2D eigenvalue weighted by Crippen LogP contribution is 2.02. The third kappa shape index (κ3) is 6.96. The van der Waals surface area contributed by atoms with E-state index in [1.165, 1.54) is 4.90 Å². The summed E-state index contributed by atoms with van der Waals surface area (Å²) >= 11 is 0. The maximum absolute atomic E-state index is 12.0. The second-order valence-electron chi connectivity index (χ2n) is 4.45. The van der Waals surface area contributed by atoms with Crippen molar-refractivity contribution in [2.45, 2.75) is 46.1 Å². The van der Waals surface area contributed by atoms with Gasteiger partial charge in [-0.2, -0.15) is 0 Å². The summed E-state index contributed by atoms with van der Waals surface area (Å²) < 4.78 is 0. The number of carboxylic acids is 1. The number of carboxylic acid groups (broad SMARTS) is 1. The van der Waals surface area contributed by atoms with Gasteiger partial charge in [-0.15, -0.1) is 0 Å². The molecule has 0 aliphatic rings. The topological polar surface area (TPSA) is 98.7 Å². The lowest BCUT2D eigenvalue weighted by atomic mass is 10.1. The number of aliphatic carboxylic acids is 1. The summed E-state index contributed by atoms with van der Waals surface area (Å²) in [6.07, 6.45) is 1.96. The van der Waals surface area contributed by atoms with Crippen LogP contribution in [0.4, 0.5) is 4.79 Å². The third-order valence-electron chi connectivity index (χ3n) is 2.82. The highest BCUT2D eigenvalue weighted by atomic mass is 16.4. The van der Waals surface area contributed by atoms with Gasteiger partial charge in [0.1, 0.15) is 12.6 Å². The molecule has 116 valence electrons. The van der Waals surface area contributed by atoms with Gasteiger partial charge >= 0.3 is 12.0 Å². The van der Waals surface area contributed by atoms with Gasteiger partial charge < -0.3 is 20.6 Å². The molecule has 0 aromatic rings. The number of hydrogen-bond donors (Lipinski definition) is 3. The van der Waals surface area contributed by atoms with E-state index in [0.717, 1.165) is 12.8 Å². The monoisotopic (exact) mass is 287 g/mol. The van der Waals surface area contributed by atoms with E-state index in [0.29, 0.717) is 19.5 Å². The Bertz CT molecular complexity index is 334. The number of unbranched alkanes of at least 4 members (excludes halogenated alkanes) is 1. The van der Waals surface area contributed by atoms with E-state index < -0.39 is 18.0 Å². The molecule has 7 heteroatoms. The van der Waals surface area contributed by atoms with Crippen molar-refractivity contribution < 1.29 is 19.5 Å². The maximum atomic E-state index is 12.0. The molecular weight excluding hydrogens is 262 g/mol. The van der Waals surface area contributed by atoms with Crippen molar-refractivity contribution in [3.63, 3.8) is 0 Å². The lowest BCUT2D eigenvalue weighted by Gasteiger charge is -2.23. The Labute approximate surface area is 119 Å². The molecule has 1 unspecified atom stereocenters. The molecule has 0 saturated heterocycles. The zero-order valence-corrected chi connectivity index (χ0v) is 12.4. The van der Waals surface area contributed by atoms with E-state index in [1.54, 1.807) is 13.8 Å². The van der Waals surface area contributed by atoms with Gasteiger partial charge in [-0.1, -0.05) is 19.8 Å². The Balaban J connectivity index is 4.50. The lowest BCUT2D eigenvalue weighted by molar-refractivity contribution is -0.139. The van der Waals surface area contributed by atoms with E-state index in [4.69, 9.17) is 5.11 Å². The minimum absolute atomic E-state index is 0.0731. The fraction of sp³-hybridized carbons (Fsp3) is 0.769. The molecule has 7 nitrogen and oxygen atoms in total. The number of urea groups is 1. The second-order valence-corrected chi connectivity index (χ2v) is 4.45. The molecule has 0 saturated carbocycles. The number of nitrogens with zero attached hydrogens (tertiary/aromatic N) is 1. The largest absolute Gasteiger partial charge is 0.480 e. The molecule has 0 fully saturated rings. The Morgan fingerprint density at radius 1 is 1.20 bits per heavy atom. The number of carbonyl (C=O) groups is 3. The van der Waals surface area contributed by atoms with Gasteiger partial charge in [-0.25, -0.2) is 9.59 Å². The maximum Gasteiger partial charge on any atom is 0.326 e. The molecule has 0 radical (unpaired) electrons. The number of nitrogens with one attached hydrogen (secondary N) is 2. The number of rotatable bonds is 9. The standard InChI is InChI=1S/C13H25N3O4/c1-4-7-8-10(12(18)19)15-13(20)16(6-3)9-11(17)14-5-2/h10H,4-9H2,1-3H3,(H,14,17)(H,15,20)(H,18,19). The molecule has 3 amide bonds. The van der Waals surface area contributed by atoms with Crippen molar-refractivity contribution in [2.24, 2.45) is 0 Å². The predicted octanol–water partition coefficient (Wildman–Crippen LogP) is 0.797. The zero-order chi connectivity index (χ0) is 15.5. The first-order chi connectivity index (χ1) is 9.46. The first-order valence-corrected chi connectivity index (χ1v) is 7.01. The lowest BCUT2D eigenvalue weighted by Crippen LogP contribution is -2.50. The molecular formula is C13H25N3O4. The van der Waals surface area contributed by atoms with Gasteiger partial charge in [0.25, 0.3) is 0 Å². The summed E-state index contributed by atoms with van der Waals surface area (Å²) in [5, 5.41) is 14.1. The predicted molar refractivity (Wildman–Crippen MR) is 75.4 cm³/mol. The van der Waals surface area contributed by atoms with E-state index in [-0.39, 0.29) is 12.5 Å². The van der Waals surface area contributed by atoms with Crippen LogP contribution in [0.15, 0.2) is 0 Å². The van der Waals surface area contributed by atoms with E-state index >= 15 is 0 Å². The molecule has 0 aromatic heterocycles. The number of hydrogen-bond acceptors (Lipinski definition) is 3. The smallest absolute Gasteiger partial charge is 0.326 e. The van der Waals surface area contributed by atoms with Crippen molar-refractivity contribution in [1.29, 1.82) is 0 Å². The van der Waals surface area contributed by atoms with Crippen LogP contribution < -0.4 is 10.6 Å². The van der Waals surface area contributed by atoms with Crippen LogP contribution in [0.5, 0.6) is 0 Å². The first kappa shape index (κ1) is 18.2. The van der Waals surface area contributed by atoms with E-state index in [2.05, 4.69) is 10.6 Å². The summed E-state index contributed by atoms with van der Waals surface area (Å²) in [6.45, 7) is 6.24. The quantitative estimate of drug-likeness (QED) is 0.584. The molecule has 0 bridgehead atoms. The minimum atomic E-state index is -1.05. The van der Waals surface area contributed by atoms with Gasteiger partial charge in [-0.3, -0.25) is 4.79 Å². The first-order valence-electron chi connectivity index (χ1n) is 7.01. The number of carbonyl (C=O) groups excluding carboxylic acids is 2. The average molecular weight is 287 g/mol. The summed E-state index contributed by atoms with van der Waals surface area (Å²) in [4.78, 5) is 35.8. The minimum Gasteiger partial charge on any atom is -0.480 e. The fourth-order valence-electron chi connectivity index (χ4n) is 1.66. The molecule has 0 aliphatic heterocycles. The Kier molecular flexibility index (Phi) is 9.15. The van der Waals surface area contributed by atoms with Crippen LogP contribution in [0, 0.1) is 0 Å². The average Bonchev–Trinajstić information content (AvgIpc) is 2.40. The van der Waals surface area contributed by atoms with Crippen LogP contribution in [0.1, 0.15) is 40.0 Å². The van der Waals surface area contributed by atoms with Crippen molar-refractivity contribution >= 4 is 17.9 Å². The van der Waals surface area contributed by atoms with Crippen LogP contribution in [-0.4, -0.2) is 53.6 Å². The van der Waals surface area contributed by atoms with Crippen LogP contribution >= 0.6 is 0 Å². The van der Waals surface area contributed by atoms with Crippen LogP contribution in [0.3, 0.4) is 0 Å².